The first kappa shape index (κ1) is 16.2. The fraction of sp³-hybridized carbons (Fsp3) is 1.00. The lowest BCUT2D eigenvalue weighted by Crippen LogP contribution is -2.33. The van der Waals surface area contributed by atoms with Crippen LogP contribution in [0.1, 0.15) is 20.8 Å². The normalized spacial score (nSPS) is 14.2. The maximum atomic E-state index is 5.61. The van der Waals surface area contributed by atoms with Gasteiger partial charge < -0.3 is 14.0 Å². The first-order valence-electron chi connectivity index (χ1n) is 5.98. The predicted molar refractivity (Wildman–Crippen MR) is 72.4 cm³/mol. The van der Waals surface area contributed by atoms with Gasteiger partial charge in [0.1, 0.15) is 0 Å². The molecule has 0 saturated heterocycles. The van der Waals surface area contributed by atoms with Crippen LogP contribution in [0.15, 0.2) is 0 Å². The highest BCUT2D eigenvalue weighted by atomic mass is 28.3. The molecule has 16 heavy (non-hydrogen) atoms. The average molecular weight is 246 g/mol. The molecule has 0 radical (unpaired) electrons. The van der Waals surface area contributed by atoms with E-state index in [-0.39, 0.29) is 5.41 Å². The molecule has 3 nitrogen and oxygen atoms in total. The van der Waals surface area contributed by atoms with Gasteiger partial charge in [-0.15, -0.1) is 0 Å². The highest BCUT2D eigenvalue weighted by Gasteiger charge is 2.28. The van der Waals surface area contributed by atoms with Crippen molar-refractivity contribution in [2.75, 3.05) is 20.8 Å². The van der Waals surface area contributed by atoms with Crippen LogP contribution in [0.25, 0.3) is 0 Å². The smallest absolute Gasteiger partial charge is 0.389 e. The van der Waals surface area contributed by atoms with Crippen LogP contribution in [-0.4, -0.2) is 36.9 Å². The van der Waals surface area contributed by atoms with Gasteiger partial charge in [0.25, 0.3) is 0 Å². The van der Waals surface area contributed by atoms with Crippen molar-refractivity contribution >= 4 is 16.1 Å². The van der Waals surface area contributed by atoms with E-state index in [1.165, 1.54) is 6.04 Å². The van der Waals surface area contributed by atoms with Gasteiger partial charge in [-0.3, -0.25) is 0 Å². The van der Waals surface area contributed by atoms with Crippen LogP contribution >= 0.6 is 0 Å². The first-order chi connectivity index (χ1) is 7.31. The van der Waals surface area contributed by atoms with Crippen LogP contribution in [0.2, 0.25) is 19.1 Å². The van der Waals surface area contributed by atoms with Gasteiger partial charge >= 0.3 is 7.32 Å². The van der Waals surface area contributed by atoms with Crippen molar-refractivity contribution in [3.63, 3.8) is 0 Å². The molecular weight excluding hydrogens is 219 g/mol. The number of hydrogen-bond acceptors (Lipinski definition) is 3. The molecule has 0 N–H and O–H groups in total. The predicted octanol–water partition coefficient (Wildman–Crippen LogP) is 2.43. The Morgan fingerprint density at radius 1 is 1.12 bits per heavy atom. The van der Waals surface area contributed by atoms with Gasteiger partial charge in [0.15, 0.2) is 0 Å². The largest absolute Gasteiger partial charge is 0.639 e. The summed E-state index contributed by atoms with van der Waals surface area (Å²) in [5.74, 6) is 0.576. The van der Waals surface area contributed by atoms with Crippen molar-refractivity contribution in [1.82, 2.24) is 0 Å². The third-order valence-corrected chi connectivity index (χ3v) is 4.31. The van der Waals surface area contributed by atoms with E-state index in [0.29, 0.717) is 12.5 Å². The molecule has 0 rings (SSSR count). The fourth-order valence-corrected chi connectivity index (χ4v) is 3.65. The molecule has 0 fully saturated rings. The van der Waals surface area contributed by atoms with E-state index in [0.717, 1.165) is 0 Å². The van der Waals surface area contributed by atoms with Crippen LogP contribution < -0.4 is 0 Å². The van der Waals surface area contributed by atoms with Crippen LogP contribution in [0.3, 0.4) is 0 Å². The van der Waals surface area contributed by atoms with Crippen molar-refractivity contribution in [2.24, 2.45) is 11.3 Å². The monoisotopic (exact) mass is 246 g/mol. The van der Waals surface area contributed by atoms with Gasteiger partial charge in [-0.25, -0.2) is 0 Å². The number of hydrogen-bond donors (Lipinski definition) is 0. The Bertz CT molecular complexity index is 179. The lowest BCUT2D eigenvalue weighted by molar-refractivity contribution is 0.0880. The Kier molecular flexibility index (Phi) is 7.56. The highest BCUT2D eigenvalue weighted by molar-refractivity contribution is 6.55. The van der Waals surface area contributed by atoms with E-state index in [1.807, 2.05) is 0 Å². The second-order valence-corrected chi connectivity index (χ2v) is 9.05. The molecular formula is C11H27BO3Si. The zero-order valence-corrected chi connectivity index (χ0v) is 13.0. The topological polar surface area (TPSA) is 27.7 Å². The Morgan fingerprint density at radius 2 is 1.62 bits per heavy atom. The zero-order chi connectivity index (χ0) is 12.8. The average Bonchev–Trinajstić information content (AvgIpc) is 2.15. The summed E-state index contributed by atoms with van der Waals surface area (Å²) >= 11 is 0. The summed E-state index contributed by atoms with van der Waals surface area (Å²) in [4.78, 5) is 0. The zero-order valence-electron chi connectivity index (χ0n) is 11.9. The Balaban J connectivity index is 4.22. The molecule has 0 bridgehead atoms. The van der Waals surface area contributed by atoms with Gasteiger partial charge in [-0.1, -0.05) is 39.9 Å². The molecule has 0 aliphatic carbocycles. The van der Waals surface area contributed by atoms with Crippen molar-refractivity contribution in [3.8, 4) is 0 Å². The second-order valence-electron chi connectivity index (χ2n) is 5.79. The molecule has 1 atom stereocenters. The second kappa shape index (κ2) is 7.48. The van der Waals surface area contributed by atoms with Gasteiger partial charge in [0, 0.05) is 29.6 Å². The Hall–Kier alpha value is 0.162. The molecule has 5 heteroatoms. The summed E-state index contributed by atoms with van der Waals surface area (Å²) < 4.78 is 15.7. The number of rotatable bonds is 7. The minimum atomic E-state index is -0.571. The minimum absolute atomic E-state index is 0.281. The van der Waals surface area contributed by atoms with E-state index < -0.39 is 16.1 Å². The maximum absolute atomic E-state index is 5.61. The van der Waals surface area contributed by atoms with Crippen molar-refractivity contribution in [3.05, 3.63) is 0 Å². The molecule has 0 aliphatic rings. The third kappa shape index (κ3) is 6.68. The van der Waals surface area contributed by atoms with Gasteiger partial charge in [-0.2, -0.15) is 0 Å². The molecule has 0 spiro atoms. The Morgan fingerprint density at radius 3 is 1.94 bits per heavy atom. The molecule has 0 amide bonds. The van der Waals surface area contributed by atoms with E-state index in [4.69, 9.17) is 14.0 Å². The van der Waals surface area contributed by atoms with Crippen LogP contribution in [0.5, 0.6) is 0 Å². The van der Waals surface area contributed by atoms with Crippen LogP contribution in [0.4, 0.5) is 0 Å². The summed E-state index contributed by atoms with van der Waals surface area (Å²) in [7, 11) is 2.09. The van der Waals surface area contributed by atoms with Crippen molar-refractivity contribution in [1.29, 1.82) is 0 Å². The lowest BCUT2D eigenvalue weighted by atomic mass is 9.82. The van der Waals surface area contributed by atoms with E-state index >= 15 is 0 Å². The summed E-state index contributed by atoms with van der Waals surface area (Å²) in [5, 5.41) is 0. The van der Waals surface area contributed by atoms with Crippen LogP contribution in [0, 0.1) is 11.3 Å². The summed E-state index contributed by atoms with van der Waals surface area (Å²) in [5.41, 5.74) is 0.281. The molecule has 96 valence electrons. The first-order valence-corrected chi connectivity index (χ1v) is 9.11. The summed E-state index contributed by atoms with van der Waals surface area (Å²) in [6.45, 7) is 12.3. The molecule has 0 saturated carbocycles. The molecule has 0 aliphatic heterocycles. The van der Waals surface area contributed by atoms with Crippen molar-refractivity contribution < 1.29 is 14.0 Å². The summed E-state index contributed by atoms with van der Waals surface area (Å²) in [6, 6.07) is 1.30. The fourth-order valence-electron chi connectivity index (χ4n) is 1.67. The lowest BCUT2D eigenvalue weighted by Gasteiger charge is -2.32. The van der Waals surface area contributed by atoms with Crippen molar-refractivity contribution in [2.45, 2.75) is 39.9 Å². The highest BCUT2D eigenvalue weighted by Crippen LogP contribution is 2.30. The minimum Gasteiger partial charge on any atom is -0.389 e. The van der Waals surface area contributed by atoms with Crippen LogP contribution in [-0.2, 0) is 14.0 Å². The van der Waals surface area contributed by atoms with E-state index in [1.54, 1.807) is 14.2 Å². The molecule has 0 aromatic heterocycles. The molecule has 0 heterocycles. The quantitative estimate of drug-likeness (QED) is 0.646. The standard InChI is InChI=1S/C11H27BO3Si/c1-11(2,3)10(9-16(6)7)8-15-12(13-4)14-5/h10,16H,8-9H2,1-7H3. The summed E-state index contributed by atoms with van der Waals surface area (Å²) in [6.07, 6.45) is 0. The van der Waals surface area contributed by atoms with Gasteiger partial charge in [0.05, 0.1) is 0 Å². The molecule has 0 aromatic carbocycles. The van der Waals surface area contributed by atoms with Gasteiger partial charge in [0.2, 0.25) is 0 Å². The molecule has 1 unspecified atom stereocenters. The Labute approximate surface area is 103 Å². The maximum Gasteiger partial charge on any atom is 0.639 e. The van der Waals surface area contributed by atoms with E-state index in [9.17, 15) is 0 Å². The van der Waals surface area contributed by atoms with Gasteiger partial charge in [-0.05, 0) is 11.3 Å². The molecule has 0 aromatic rings. The third-order valence-electron chi connectivity index (χ3n) is 2.80. The SMILES string of the molecule is COB(OC)OCC(C[SiH](C)C)C(C)(C)C. The van der Waals surface area contributed by atoms with E-state index in [2.05, 4.69) is 33.9 Å².